The van der Waals surface area contributed by atoms with Crippen LogP contribution in [0.4, 0.5) is 5.69 Å². The predicted octanol–water partition coefficient (Wildman–Crippen LogP) is 2.32. The average molecular weight is 353 g/mol. The van der Waals surface area contributed by atoms with Crippen molar-refractivity contribution in [3.63, 3.8) is 0 Å². The Bertz CT molecular complexity index is 855. The van der Waals surface area contributed by atoms with E-state index in [2.05, 4.69) is 32.9 Å². The number of hydrogen-bond acceptors (Lipinski definition) is 5. The fourth-order valence-corrected chi connectivity index (χ4v) is 2.97. The van der Waals surface area contributed by atoms with Crippen LogP contribution in [0.5, 0.6) is 0 Å². The van der Waals surface area contributed by atoms with E-state index in [0.29, 0.717) is 6.42 Å². The summed E-state index contributed by atoms with van der Waals surface area (Å²) in [4.78, 5) is 13.0. The highest BCUT2D eigenvalue weighted by Crippen LogP contribution is 2.22. The van der Waals surface area contributed by atoms with Crippen molar-refractivity contribution in [1.29, 1.82) is 0 Å². The molecule has 2 aromatic heterocycles. The van der Waals surface area contributed by atoms with Crippen LogP contribution in [0.25, 0.3) is 0 Å². The summed E-state index contributed by atoms with van der Waals surface area (Å²) >= 11 is 0. The van der Waals surface area contributed by atoms with Gasteiger partial charge in [-0.15, -0.1) is 5.10 Å². The highest BCUT2D eigenvalue weighted by Gasteiger charge is 2.24. The highest BCUT2D eigenvalue weighted by molar-refractivity contribution is 5.94. The lowest BCUT2D eigenvalue weighted by Crippen LogP contribution is -2.28. The number of tetrazole rings is 1. The molecule has 3 rings (SSSR count). The van der Waals surface area contributed by atoms with E-state index in [4.69, 9.17) is 0 Å². The number of carbonyl (C=O) groups excluding carboxylic acids is 1. The molecule has 0 unspecified atom stereocenters. The van der Waals surface area contributed by atoms with Crippen LogP contribution >= 0.6 is 0 Å². The number of nitrogens with one attached hydrogen (secondary N) is 1. The van der Waals surface area contributed by atoms with Crippen molar-refractivity contribution < 1.29 is 4.79 Å². The Morgan fingerprint density at radius 1 is 1.23 bits per heavy atom. The summed E-state index contributed by atoms with van der Waals surface area (Å²) in [5, 5.41) is 18.8. The zero-order valence-corrected chi connectivity index (χ0v) is 15.3. The molecule has 136 valence electrons. The van der Waals surface area contributed by atoms with E-state index < -0.39 is 6.04 Å². The Kier molecular flexibility index (Phi) is 5.40. The fourth-order valence-electron chi connectivity index (χ4n) is 2.97. The number of aryl methyl sites for hydroxylation is 2. The minimum Gasteiger partial charge on any atom is -0.321 e. The molecule has 1 amide bonds. The molecular weight excluding hydrogens is 330 g/mol. The minimum atomic E-state index is -0.541. The van der Waals surface area contributed by atoms with Gasteiger partial charge in [0.15, 0.2) is 0 Å². The third kappa shape index (κ3) is 3.79. The molecule has 0 saturated heterocycles. The second-order valence-corrected chi connectivity index (χ2v) is 6.25. The fraction of sp³-hybridized carbons (Fsp3) is 0.389. The maximum Gasteiger partial charge on any atom is 0.249 e. The molecule has 8 heteroatoms. The third-order valence-corrected chi connectivity index (χ3v) is 4.32. The zero-order chi connectivity index (χ0) is 18.5. The van der Waals surface area contributed by atoms with Crippen molar-refractivity contribution in [2.45, 2.75) is 46.2 Å². The van der Waals surface area contributed by atoms with Crippen molar-refractivity contribution in [2.75, 3.05) is 5.32 Å². The molecule has 26 heavy (non-hydrogen) atoms. The van der Waals surface area contributed by atoms with E-state index in [0.717, 1.165) is 35.6 Å². The van der Waals surface area contributed by atoms with Gasteiger partial charge in [0, 0.05) is 13.0 Å². The Morgan fingerprint density at radius 2 is 2.00 bits per heavy atom. The first-order valence-corrected chi connectivity index (χ1v) is 8.71. The molecule has 0 saturated carbocycles. The normalized spacial score (nSPS) is 12.1. The van der Waals surface area contributed by atoms with Crippen LogP contribution in [0.1, 0.15) is 36.3 Å². The molecule has 1 aromatic carbocycles. The second kappa shape index (κ2) is 7.90. The van der Waals surface area contributed by atoms with Gasteiger partial charge in [-0.1, -0.05) is 37.3 Å². The predicted molar refractivity (Wildman–Crippen MR) is 97.6 cm³/mol. The summed E-state index contributed by atoms with van der Waals surface area (Å²) in [5.41, 5.74) is 3.56. The molecule has 0 aliphatic rings. The zero-order valence-electron chi connectivity index (χ0n) is 15.3. The lowest BCUT2D eigenvalue weighted by Gasteiger charge is -2.16. The van der Waals surface area contributed by atoms with Crippen LogP contribution in [-0.4, -0.2) is 35.9 Å². The lowest BCUT2D eigenvalue weighted by molar-refractivity contribution is -0.119. The van der Waals surface area contributed by atoms with Gasteiger partial charge in [-0.25, -0.2) is 4.68 Å². The molecule has 1 atom stereocenters. The largest absolute Gasteiger partial charge is 0.321 e. The van der Waals surface area contributed by atoms with Gasteiger partial charge in [-0.3, -0.25) is 9.48 Å². The number of amides is 1. The van der Waals surface area contributed by atoms with Crippen molar-refractivity contribution in [1.82, 2.24) is 30.0 Å². The maximum absolute atomic E-state index is 13.0. The first kappa shape index (κ1) is 17.8. The van der Waals surface area contributed by atoms with E-state index in [-0.39, 0.29) is 5.91 Å². The average Bonchev–Trinajstić information content (AvgIpc) is 3.25. The quantitative estimate of drug-likeness (QED) is 0.704. The molecule has 0 spiro atoms. The summed E-state index contributed by atoms with van der Waals surface area (Å²) in [7, 11) is 0. The van der Waals surface area contributed by atoms with E-state index in [9.17, 15) is 4.79 Å². The summed E-state index contributed by atoms with van der Waals surface area (Å²) in [5.74, 6) is -0.164. The number of benzene rings is 1. The van der Waals surface area contributed by atoms with E-state index in [1.807, 2.05) is 48.9 Å². The van der Waals surface area contributed by atoms with Gasteiger partial charge >= 0.3 is 0 Å². The Hall–Kier alpha value is -3.03. The molecular formula is C18H23N7O. The van der Waals surface area contributed by atoms with Crippen LogP contribution in [0.2, 0.25) is 0 Å². The van der Waals surface area contributed by atoms with Crippen molar-refractivity contribution in [3.8, 4) is 0 Å². The van der Waals surface area contributed by atoms with Crippen molar-refractivity contribution in [2.24, 2.45) is 0 Å². The van der Waals surface area contributed by atoms with Gasteiger partial charge in [0.25, 0.3) is 0 Å². The standard InChI is InChI=1S/C18H23N7O/c1-4-10-24-14(3)17(13(2)21-24)20-18(26)16(25-12-19-22-23-25)11-15-8-6-5-7-9-15/h5-9,12,16H,4,10-11H2,1-3H3,(H,20,26)/t16-/m0/s1. The maximum atomic E-state index is 13.0. The molecule has 1 N–H and O–H groups in total. The Balaban J connectivity index is 1.85. The molecule has 3 aromatic rings. The number of carbonyl (C=O) groups is 1. The molecule has 0 radical (unpaired) electrons. The van der Waals surface area contributed by atoms with E-state index >= 15 is 0 Å². The van der Waals surface area contributed by atoms with Gasteiger partial charge in [-0.2, -0.15) is 5.10 Å². The summed E-state index contributed by atoms with van der Waals surface area (Å²) in [6.07, 6.45) is 2.95. The monoisotopic (exact) mass is 353 g/mol. The van der Waals surface area contributed by atoms with Gasteiger partial charge < -0.3 is 5.32 Å². The smallest absolute Gasteiger partial charge is 0.249 e. The van der Waals surface area contributed by atoms with Crippen LogP contribution in [-0.2, 0) is 17.8 Å². The van der Waals surface area contributed by atoms with Crippen molar-refractivity contribution in [3.05, 3.63) is 53.6 Å². The molecule has 2 heterocycles. The minimum absolute atomic E-state index is 0.164. The SMILES string of the molecule is CCCn1nc(C)c(NC(=O)[C@H](Cc2ccccc2)n2cnnn2)c1C. The molecule has 0 bridgehead atoms. The first-order valence-electron chi connectivity index (χ1n) is 8.71. The Morgan fingerprint density at radius 3 is 2.65 bits per heavy atom. The molecule has 0 fully saturated rings. The summed E-state index contributed by atoms with van der Waals surface area (Å²) in [6, 6.07) is 9.28. The number of aromatic nitrogens is 6. The number of nitrogens with zero attached hydrogens (tertiary/aromatic N) is 6. The van der Waals surface area contributed by atoms with Gasteiger partial charge in [0.2, 0.25) is 5.91 Å². The van der Waals surface area contributed by atoms with Crippen LogP contribution < -0.4 is 5.32 Å². The van der Waals surface area contributed by atoms with E-state index in [1.54, 1.807) is 0 Å². The third-order valence-electron chi connectivity index (χ3n) is 4.32. The van der Waals surface area contributed by atoms with Gasteiger partial charge in [0.1, 0.15) is 12.4 Å². The number of anilines is 1. The topological polar surface area (TPSA) is 90.5 Å². The summed E-state index contributed by atoms with van der Waals surface area (Å²) < 4.78 is 3.41. The number of hydrogen-bond donors (Lipinski definition) is 1. The first-order chi connectivity index (χ1) is 12.6. The molecule has 8 nitrogen and oxygen atoms in total. The summed E-state index contributed by atoms with van der Waals surface area (Å²) in [6.45, 7) is 6.79. The second-order valence-electron chi connectivity index (χ2n) is 6.25. The Labute approximate surface area is 152 Å². The van der Waals surface area contributed by atoms with Gasteiger partial charge in [-0.05, 0) is 36.3 Å². The van der Waals surface area contributed by atoms with Crippen molar-refractivity contribution >= 4 is 11.6 Å². The van der Waals surface area contributed by atoms with Crippen LogP contribution in [0, 0.1) is 13.8 Å². The molecule has 0 aliphatic heterocycles. The van der Waals surface area contributed by atoms with Crippen LogP contribution in [0.3, 0.4) is 0 Å². The van der Waals surface area contributed by atoms with Gasteiger partial charge in [0.05, 0.1) is 17.1 Å². The van der Waals surface area contributed by atoms with Crippen LogP contribution in [0.15, 0.2) is 36.7 Å². The highest BCUT2D eigenvalue weighted by atomic mass is 16.2. The lowest BCUT2D eigenvalue weighted by atomic mass is 10.1. The van der Waals surface area contributed by atoms with E-state index in [1.165, 1.54) is 11.0 Å². The molecule has 0 aliphatic carbocycles. The number of rotatable bonds is 7.